The van der Waals surface area contributed by atoms with Gasteiger partial charge in [0, 0.05) is 13.1 Å². The van der Waals surface area contributed by atoms with Gasteiger partial charge in [0.25, 0.3) is 5.70 Å². The lowest BCUT2D eigenvalue weighted by Gasteiger charge is -2.31. The van der Waals surface area contributed by atoms with E-state index in [4.69, 9.17) is 11.3 Å². The highest BCUT2D eigenvalue weighted by molar-refractivity contribution is 5.91. The van der Waals surface area contributed by atoms with Crippen LogP contribution in [0.4, 0.5) is 4.79 Å². The van der Waals surface area contributed by atoms with Crippen molar-refractivity contribution >= 4 is 12.1 Å². The smallest absolute Gasteiger partial charge is 0.410 e. The summed E-state index contributed by atoms with van der Waals surface area (Å²) >= 11 is 0. The number of hydrogen-bond donors (Lipinski definition) is 0. The summed E-state index contributed by atoms with van der Waals surface area (Å²) in [4.78, 5) is 28.3. The maximum absolute atomic E-state index is 12.0. The number of esters is 1. The van der Waals surface area contributed by atoms with Gasteiger partial charge in [-0.05, 0) is 39.2 Å². The van der Waals surface area contributed by atoms with Crippen LogP contribution < -0.4 is 0 Å². The molecule has 0 spiro atoms. The average Bonchev–Trinajstić information content (AvgIpc) is 2.37. The Morgan fingerprint density at radius 1 is 1.35 bits per heavy atom. The molecule has 0 aromatic rings. The van der Waals surface area contributed by atoms with Crippen LogP contribution in [0.3, 0.4) is 0 Å². The summed E-state index contributed by atoms with van der Waals surface area (Å²) in [6.07, 6.45) is 0.889. The van der Waals surface area contributed by atoms with Gasteiger partial charge in [0.05, 0.1) is 13.7 Å². The van der Waals surface area contributed by atoms with Gasteiger partial charge in [0.2, 0.25) is 0 Å². The summed E-state index contributed by atoms with van der Waals surface area (Å²) in [5.74, 6) is -0.652. The minimum absolute atomic E-state index is 0.0271. The zero-order valence-electron chi connectivity index (χ0n) is 12.4. The minimum atomic E-state index is -0.652. The minimum Gasteiger partial charge on any atom is -0.474 e. The third-order valence-electron chi connectivity index (χ3n) is 2.77. The molecule has 110 valence electrons. The van der Waals surface area contributed by atoms with Crippen LogP contribution in [-0.4, -0.2) is 42.8 Å². The molecule has 0 atom stereocenters. The van der Waals surface area contributed by atoms with E-state index in [2.05, 4.69) is 9.58 Å². The lowest BCUT2D eigenvalue weighted by Crippen LogP contribution is -2.41. The van der Waals surface area contributed by atoms with E-state index in [9.17, 15) is 9.59 Å². The number of methoxy groups -OCH3 is 1. The molecule has 0 unspecified atom stereocenters. The Labute approximate surface area is 119 Å². The molecule has 0 aromatic carbocycles. The Hall–Kier alpha value is -2.03. The third kappa shape index (κ3) is 4.26. The molecular weight excluding hydrogens is 260 g/mol. The second-order valence-corrected chi connectivity index (χ2v) is 5.56. The quantitative estimate of drug-likeness (QED) is 0.420. The highest BCUT2D eigenvalue weighted by Gasteiger charge is 2.28. The Balaban J connectivity index is 2.86. The Kier molecular flexibility index (Phi) is 5.14. The number of rotatable bonds is 1. The maximum Gasteiger partial charge on any atom is 0.410 e. The van der Waals surface area contributed by atoms with Gasteiger partial charge in [-0.3, -0.25) is 4.79 Å². The van der Waals surface area contributed by atoms with Crippen LogP contribution in [0.15, 0.2) is 11.3 Å². The third-order valence-corrected chi connectivity index (χ3v) is 2.77. The fourth-order valence-electron chi connectivity index (χ4n) is 1.91. The zero-order valence-corrected chi connectivity index (χ0v) is 12.4. The highest BCUT2D eigenvalue weighted by Crippen LogP contribution is 2.22. The molecule has 0 bridgehead atoms. The van der Waals surface area contributed by atoms with Crippen LogP contribution in [-0.2, 0) is 14.3 Å². The van der Waals surface area contributed by atoms with Crippen LogP contribution >= 0.6 is 0 Å². The SMILES string of the molecule is [C-]#[N+]/C(C(=O)OC)=C1\CCCN(C(=O)OC(C)(C)C)C1. The van der Waals surface area contributed by atoms with Gasteiger partial charge in [-0.15, -0.1) is 0 Å². The fourth-order valence-corrected chi connectivity index (χ4v) is 1.91. The Morgan fingerprint density at radius 3 is 2.50 bits per heavy atom. The molecule has 0 radical (unpaired) electrons. The van der Waals surface area contributed by atoms with Crippen LogP contribution in [0.25, 0.3) is 4.85 Å². The van der Waals surface area contributed by atoms with Crippen molar-refractivity contribution in [2.24, 2.45) is 0 Å². The lowest BCUT2D eigenvalue weighted by molar-refractivity contribution is -0.135. The molecule has 0 saturated carbocycles. The van der Waals surface area contributed by atoms with E-state index in [0.29, 0.717) is 25.0 Å². The van der Waals surface area contributed by atoms with E-state index in [-0.39, 0.29) is 12.2 Å². The van der Waals surface area contributed by atoms with Crippen molar-refractivity contribution in [3.63, 3.8) is 0 Å². The number of hydrogen-bond acceptors (Lipinski definition) is 4. The predicted molar refractivity (Wildman–Crippen MR) is 72.7 cm³/mol. The molecule has 1 aliphatic heterocycles. The van der Waals surface area contributed by atoms with Crippen LogP contribution in [0, 0.1) is 6.57 Å². The van der Waals surface area contributed by atoms with E-state index in [1.807, 2.05) is 0 Å². The predicted octanol–water partition coefficient (Wildman–Crippen LogP) is 2.36. The Morgan fingerprint density at radius 2 is 2.00 bits per heavy atom. The number of nitrogens with zero attached hydrogens (tertiary/aromatic N) is 2. The average molecular weight is 280 g/mol. The fraction of sp³-hybridized carbons (Fsp3) is 0.643. The molecule has 1 aliphatic rings. The van der Waals surface area contributed by atoms with E-state index < -0.39 is 17.7 Å². The molecule has 1 fully saturated rings. The summed E-state index contributed by atoms with van der Waals surface area (Å²) in [6.45, 7) is 13.3. The van der Waals surface area contributed by atoms with Gasteiger partial charge in [-0.25, -0.2) is 9.64 Å². The molecular formula is C14H20N2O4. The summed E-state index contributed by atoms with van der Waals surface area (Å²) in [6, 6.07) is 0. The molecule has 6 heteroatoms. The first-order valence-electron chi connectivity index (χ1n) is 6.44. The summed E-state index contributed by atoms with van der Waals surface area (Å²) in [5, 5.41) is 0. The van der Waals surface area contributed by atoms with E-state index in [1.54, 1.807) is 20.8 Å². The first kappa shape index (κ1) is 16.0. The van der Waals surface area contributed by atoms with Crippen molar-refractivity contribution in [3.8, 4) is 0 Å². The Bertz CT molecular complexity index is 469. The lowest BCUT2D eigenvalue weighted by atomic mass is 10.0. The molecule has 1 rings (SSSR count). The number of carbonyl (C=O) groups is 2. The summed E-state index contributed by atoms with van der Waals surface area (Å²) in [7, 11) is 1.24. The zero-order chi connectivity index (χ0) is 15.3. The van der Waals surface area contributed by atoms with Gasteiger partial charge in [-0.2, -0.15) is 0 Å². The standard InChI is InChI=1S/C14H20N2O4/c1-14(2,3)20-13(18)16-8-6-7-10(9-16)11(15-4)12(17)19-5/h6-9H2,1-3,5H3/b11-10+. The normalized spacial score (nSPS) is 18.1. The summed E-state index contributed by atoms with van der Waals surface area (Å²) in [5.41, 5.74) is 0.0355. The van der Waals surface area contributed by atoms with Gasteiger partial charge in [0.1, 0.15) is 5.60 Å². The van der Waals surface area contributed by atoms with Gasteiger partial charge in [-0.1, -0.05) is 0 Å². The van der Waals surface area contributed by atoms with Crippen LogP contribution in [0.5, 0.6) is 0 Å². The van der Waals surface area contributed by atoms with Crippen molar-refractivity contribution < 1.29 is 19.1 Å². The first-order chi connectivity index (χ1) is 9.28. The number of carbonyl (C=O) groups excluding carboxylic acids is 2. The van der Waals surface area contributed by atoms with Crippen molar-refractivity contribution in [1.29, 1.82) is 0 Å². The molecule has 1 saturated heterocycles. The number of ether oxygens (including phenoxy) is 2. The second kappa shape index (κ2) is 6.42. The molecule has 0 aliphatic carbocycles. The van der Waals surface area contributed by atoms with E-state index in [0.717, 1.165) is 0 Å². The van der Waals surface area contributed by atoms with Gasteiger partial charge >= 0.3 is 12.1 Å². The van der Waals surface area contributed by atoms with Crippen LogP contribution in [0.1, 0.15) is 33.6 Å². The van der Waals surface area contributed by atoms with Crippen molar-refractivity contribution in [1.82, 2.24) is 4.90 Å². The largest absolute Gasteiger partial charge is 0.474 e. The molecule has 1 heterocycles. The molecule has 1 amide bonds. The monoisotopic (exact) mass is 280 g/mol. The highest BCUT2D eigenvalue weighted by atomic mass is 16.6. The van der Waals surface area contributed by atoms with E-state index >= 15 is 0 Å². The van der Waals surface area contributed by atoms with E-state index in [1.165, 1.54) is 12.0 Å². The van der Waals surface area contributed by atoms with Gasteiger partial charge in [0.15, 0.2) is 0 Å². The molecule has 0 aromatic heterocycles. The molecule has 0 N–H and O–H groups in total. The van der Waals surface area contributed by atoms with Crippen molar-refractivity contribution in [2.45, 2.75) is 39.2 Å². The molecule has 20 heavy (non-hydrogen) atoms. The number of piperidine rings is 1. The van der Waals surface area contributed by atoms with Crippen molar-refractivity contribution in [2.75, 3.05) is 20.2 Å². The first-order valence-corrected chi connectivity index (χ1v) is 6.44. The maximum atomic E-state index is 12.0. The van der Waals surface area contributed by atoms with Crippen molar-refractivity contribution in [3.05, 3.63) is 22.7 Å². The number of amides is 1. The number of likely N-dealkylation sites (tertiary alicyclic amines) is 1. The topological polar surface area (TPSA) is 60.2 Å². The second-order valence-electron chi connectivity index (χ2n) is 5.56. The molecule has 6 nitrogen and oxygen atoms in total. The summed E-state index contributed by atoms with van der Waals surface area (Å²) < 4.78 is 9.88. The van der Waals surface area contributed by atoms with Crippen LogP contribution in [0.2, 0.25) is 0 Å². The van der Waals surface area contributed by atoms with Gasteiger partial charge < -0.3 is 14.4 Å².